The van der Waals surface area contributed by atoms with Crippen molar-refractivity contribution in [2.45, 2.75) is 19.4 Å². The summed E-state index contributed by atoms with van der Waals surface area (Å²) in [4.78, 5) is 15.5. The number of aromatic carboxylic acids is 1. The molecule has 1 aromatic carbocycles. The van der Waals surface area contributed by atoms with Crippen molar-refractivity contribution in [3.63, 3.8) is 0 Å². The van der Waals surface area contributed by atoms with Crippen molar-refractivity contribution < 1.29 is 14.6 Å². The van der Waals surface area contributed by atoms with Crippen LogP contribution in [0.15, 0.2) is 24.5 Å². The van der Waals surface area contributed by atoms with Gasteiger partial charge in [-0.15, -0.1) is 0 Å². The zero-order chi connectivity index (χ0) is 13.4. The summed E-state index contributed by atoms with van der Waals surface area (Å²) in [7, 11) is 0. The van der Waals surface area contributed by atoms with Gasteiger partial charge in [0.05, 0.1) is 24.0 Å². The first kappa shape index (κ1) is 12.2. The Morgan fingerprint density at radius 3 is 3.11 bits per heavy atom. The van der Waals surface area contributed by atoms with Crippen molar-refractivity contribution in [3.8, 4) is 0 Å². The van der Waals surface area contributed by atoms with Crippen molar-refractivity contribution in [1.29, 1.82) is 0 Å². The predicted octanol–water partition coefficient (Wildman–Crippen LogP) is 2.33. The molecule has 0 radical (unpaired) electrons. The van der Waals surface area contributed by atoms with Crippen LogP contribution in [0.2, 0.25) is 0 Å². The highest BCUT2D eigenvalue weighted by molar-refractivity contribution is 6.00. The van der Waals surface area contributed by atoms with Crippen molar-refractivity contribution >= 4 is 17.0 Å². The maximum atomic E-state index is 11.2. The van der Waals surface area contributed by atoms with E-state index in [0.29, 0.717) is 17.5 Å². The average molecular weight is 260 g/mol. The minimum Gasteiger partial charge on any atom is -0.478 e. The zero-order valence-electron chi connectivity index (χ0n) is 10.7. The van der Waals surface area contributed by atoms with Crippen molar-refractivity contribution in [2.75, 3.05) is 13.2 Å². The van der Waals surface area contributed by atoms with Gasteiger partial charge >= 0.3 is 5.97 Å². The number of carboxylic acid groups (broad SMARTS) is 1. The van der Waals surface area contributed by atoms with E-state index >= 15 is 0 Å². The number of ether oxygens (including phenoxy) is 1. The van der Waals surface area contributed by atoms with Gasteiger partial charge in [0.1, 0.15) is 5.52 Å². The van der Waals surface area contributed by atoms with E-state index in [2.05, 4.69) is 16.5 Å². The molecular weight excluding hydrogens is 244 g/mol. The lowest BCUT2D eigenvalue weighted by Gasteiger charge is -2.30. The molecule has 1 aliphatic heterocycles. The summed E-state index contributed by atoms with van der Waals surface area (Å²) in [6.45, 7) is 3.63. The minimum absolute atomic E-state index is 0.260. The molecule has 5 nitrogen and oxygen atoms in total. The van der Waals surface area contributed by atoms with E-state index in [9.17, 15) is 9.90 Å². The van der Waals surface area contributed by atoms with Gasteiger partial charge < -0.3 is 14.4 Å². The number of nitrogens with zero attached hydrogens (tertiary/aromatic N) is 2. The average Bonchev–Trinajstić information content (AvgIpc) is 2.82. The highest BCUT2D eigenvalue weighted by Gasteiger charge is 2.25. The van der Waals surface area contributed by atoms with Gasteiger partial charge in [0.25, 0.3) is 0 Å². The summed E-state index contributed by atoms with van der Waals surface area (Å²) in [6, 6.07) is 5.61. The second-order valence-corrected chi connectivity index (χ2v) is 5.04. The Labute approximate surface area is 110 Å². The Bertz CT molecular complexity index is 620. The smallest absolute Gasteiger partial charge is 0.337 e. The molecule has 1 saturated heterocycles. The fourth-order valence-electron chi connectivity index (χ4n) is 2.78. The molecule has 2 aromatic rings. The number of hydrogen-bond acceptors (Lipinski definition) is 3. The number of hydrogen-bond donors (Lipinski definition) is 1. The Morgan fingerprint density at radius 2 is 2.37 bits per heavy atom. The maximum absolute atomic E-state index is 11.2. The summed E-state index contributed by atoms with van der Waals surface area (Å²) >= 11 is 0. The van der Waals surface area contributed by atoms with Crippen molar-refractivity contribution in [3.05, 3.63) is 30.1 Å². The number of carbonyl (C=O) groups is 1. The summed E-state index contributed by atoms with van der Waals surface area (Å²) in [5.41, 5.74) is 1.71. The molecule has 1 aromatic heterocycles. The van der Waals surface area contributed by atoms with E-state index in [1.165, 1.54) is 0 Å². The minimum atomic E-state index is -0.934. The molecule has 0 saturated carbocycles. The fraction of sp³-hybridized carbons (Fsp3) is 0.429. The number of para-hydroxylation sites is 1. The van der Waals surface area contributed by atoms with Crippen LogP contribution in [0.5, 0.6) is 0 Å². The number of carboxylic acids is 1. The highest BCUT2D eigenvalue weighted by Crippen LogP contribution is 2.30. The topological polar surface area (TPSA) is 64.4 Å². The van der Waals surface area contributed by atoms with Crippen LogP contribution in [-0.2, 0) is 4.74 Å². The fourth-order valence-corrected chi connectivity index (χ4v) is 2.78. The molecule has 100 valence electrons. The molecule has 2 unspecified atom stereocenters. The summed E-state index contributed by atoms with van der Waals surface area (Å²) in [5.74, 6) is -0.532. The first-order chi connectivity index (χ1) is 9.18. The van der Waals surface area contributed by atoms with Crippen molar-refractivity contribution in [1.82, 2.24) is 9.55 Å². The Morgan fingerprint density at radius 1 is 1.53 bits per heavy atom. The van der Waals surface area contributed by atoms with Crippen LogP contribution in [0.25, 0.3) is 11.0 Å². The molecule has 2 heterocycles. The summed E-state index contributed by atoms with van der Waals surface area (Å²) < 4.78 is 7.55. The lowest BCUT2D eigenvalue weighted by molar-refractivity contribution is 0.0298. The molecule has 5 heteroatoms. The summed E-state index contributed by atoms with van der Waals surface area (Å²) in [5, 5.41) is 9.19. The molecule has 1 aliphatic rings. The normalized spacial score (nSPS) is 23.6. The third-order valence-electron chi connectivity index (χ3n) is 3.79. The van der Waals surface area contributed by atoms with Crippen LogP contribution in [0.1, 0.15) is 29.7 Å². The maximum Gasteiger partial charge on any atom is 0.337 e. The van der Waals surface area contributed by atoms with Crippen LogP contribution in [0.3, 0.4) is 0 Å². The molecule has 1 fully saturated rings. The SMILES string of the molecule is CC1COCCC1n1cnc2c(C(=O)O)cccc21. The molecule has 19 heavy (non-hydrogen) atoms. The van der Waals surface area contributed by atoms with Crippen LogP contribution >= 0.6 is 0 Å². The third kappa shape index (κ3) is 2.00. The van der Waals surface area contributed by atoms with Crippen LogP contribution in [0, 0.1) is 5.92 Å². The largest absolute Gasteiger partial charge is 0.478 e. The number of benzene rings is 1. The Kier molecular flexibility index (Phi) is 2.98. The van der Waals surface area contributed by atoms with E-state index in [0.717, 1.165) is 25.2 Å². The van der Waals surface area contributed by atoms with Gasteiger partial charge in [-0.1, -0.05) is 13.0 Å². The zero-order valence-corrected chi connectivity index (χ0v) is 10.7. The lowest BCUT2D eigenvalue weighted by Crippen LogP contribution is -2.27. The predicted molar refractivity (Wildman–Crippen MR) is 70.3 cm³/mol. The van der Waals surface area contributed by atoms with Crippen LogP contribution in [-0.4, -0.2) is 33.8 Å². The molecule has 1 N–H and O–H groups in total. The van der Waals surface area contributed by atoms with E-state index in [-0.39, 0.29) is 5.56 Å². The van der Waals surface area contributed by atoms with Gasteiger partial charge in [-0.3, -0.25) is 0 Å². The molecule has 0 bridgehead atoms. The molecular formula is C14H16N2O3. The monoisotopic (exact) mass is 260 g/mol. The molecule has 0 amide bonds. The standard InChI is InChI=1S/C14H16N2O3/c1-9-7-19-6-5-11(9)16-8-15-13-10(14(17)18)3-2-4-12(13)16/h2-4,8-9,11H,5-7H2,1H3,(H,17,18). The highest BCUT2D eigenvalue weighted by atomic mass is 16.5. The first-order valence-electron chi connectivity index (χ1n) is 6.45. The van der Waals surface area contributed by atoms with Gasteiger partial charge in [-0.25, -0.2) is 9.78 Å². The van der Waals surface area contributed by atoms with Gasteiger partial charge in [-0.2, -0.15) is 0 Å². The van der Waals surface area contributed by atoms with Gasteiger partial charge in [0.2, 0.25) is 0 Å². The van der Waals surface area contributed by atoms with Crippen LogP contribution in [0.4, 0.5) is 0 Å². The Balaban J connectivity index is 2.10. The number of imidazole rings is 1. The quantitative estimate of drug-likeness (QED) is 0.900. The van der Waals surface area contributed by atoms with Gasteiger partial charge in [0.15, 0.2) is 0 Å². The number of fused-ring (bicyclic) bond motifs is 1. The van der Waals surface area contributed by atoms with E-state index < -0.39 is 5.97 Å². The van der Waals surface area contributed by atoms with Gasteiger partial charge in [-0.05, 0) is 18.6 Å². The first-order valence-corrected chi connectivity index (χ1v) is 6.45. The Hall–Kier alpha value is -1.88. The lowest BCUT2D eigenvalue weighted by atomic mass is 9.97. The molecule has 0 spiro atoms. The van der Waals surface area contributed by atoms with E-state index in [4.69, 9.17) is 4.74 Å². The van der Waals surface area contributed by atoms with Gasteiger partial charge in [0, 0.05) is 18.6 Å². The molecule has 2 atom stereocenters. The number of rotatable bonds is 2. The number of aromatic nitrogens is 2. The summed E-state index contributed by atoms with van der Waals surface area (Å²) in [6.07, 6.45) is 2.69. The molecule has 0 aliphatic carbocycles. The second-order valence-electron chi connectivity index (χ2n) is 5.04. The van der Waals surface area contributed by atoms with Crippen molar-refractivity contribution in [2.24, 2.45) is 5.92 Å². The van der Waals surface area contributed by atoms with E-state index in [1.807, 2.05) is 6.07 Å². The van der Waals surface area contributed by atoms with E-state index in [1.54, 1.807) is 18.5 Å². The second kappa shape index (κ2) is 4.66. The third-order valence-corrected chi connectivity index (χ3v) is 3.79. The van der Waals surface area contributed by atoms with Crippen LogP contribution < -0.4 is 0 Å². The molecule has 3 rings (SSSR count).